The molecule has 3 N–H and O–H groups in total. The van der Waals surface area contributed by atoms with Gasteiger partial charge in [-0.15, -0.1) is 0 Å². The van der Waals surface area contributed by atoms with E-state index in [1.807, 2.05) is 16.9 Å². The van der Waals surface area contributed by atoms with Gasteiger partial charge < -0.3 is 10.8 Å². The lowest BCUT2D eigenvalue weighted by atomic mass is 10.2. The molecule has 1 unspecified atom stereocenters. The van der Waals surface area contributed by atoms with Gasteiger partial charge in [0, 0.05) is 25.2 Å². The monoisotopic (exact) mass is 197 g/mol. The predicted molar refractivity (Wildman–Crippen MR) is 55.8 cm³/mol. The SMILES string of the molecule is CC(C)Cn1ccc(CC(N)CO)n1. The lowest BCUT2D eigenvalue weighted by Gasteiger charge is -2.06. The zero-order valence-electron chi connectivity index (χ0n) is 8.85. The average Bonchev–Trinajstić information content (AvgIpc) is 2.51. The summed E-state index contributed by atoms with van der Waals surface area (Å²) in [7, 11) is 0. The van der Waals surface area contributed by atoms with Crippen molar-refractivity contribution < 1.29 is 5.11 Å². The van der Waals surface area contributed by atoms with Crippen LogP contribution >= 0.6 is 0 Å². The van der Waals surface area contributed by atoms with Crippen molar-refractivity contribution in [2.24, 2.45) is 11.7 Å². The second-order valence-electron chi connectivity index (χ2n) is 4.07. The minimum absolute atomic E-state index is 0.0110. The van der Waals surface area contributed by atoms with Crippen molar-refractivity contribution in [2.45, 2.75) is 32.9 Å². The van der Waals surface area contributed by atoms with E-state index in [0.717, 1.165) is 12.2 Å². The molecule has 0 saturated heterocycles. The molecular formula is C10H19N3O. The topological polar surface area (TPSA) is 64.1 Å². The van der Waals surface area contributed by atoms with Crippen molar-refractivity contribution in [3.05, 3.63) is 18.0 Å². The Kier molecular flexibility index (Phi) is 4.10. The summed E-state index contributed by atoms with van der Waals surface area (Å²) in [5.41, 5.74) is 6.57. The van der Waals surface area contributed by atoms with E-state index in [1.165, 1.54) is 0 Å². The first-order valence-corrected chi connectivity index (χ1v) is 5.00. The maximum absolute atomic E-state index is 8.79. The van der Waals surface area contributed by atoms with Gasteiger partial charge in [-0.3, -0.25) is 4.68 Å². The number of hydrogen-bond acceptors (Lipinski definition) is 3. The van der Waals surface area contributed by atoms with Crippen molar-refractivity contribution in [2.75, 3.05) is 6.61 Å². The average molecular weight is 197 g/mol. The minimum atomic E-state index is -0.197. The van der Waals surface area contributed by atoms with Crippen molar-refractivity contribution in [3.63, 3.8) is 0 Å². The Balaban J connectivity index is 2.50. The molecule has 0 aromatic carbocycles. The van der Waals surface area contributed by atoms with Crippen LogP contribution < -0.4 is 5.73 Å². The van der Waals surface area contributed by atoms with E-state index in [9.17, 15) is 0 Å². The molecule has 0 bridgehead atoms. The fourth-order valence-corrected chi connectivity index (χ4v) is 1.32. The Bertz CT molecular complexity index is 270. The largest absolute Gasteiger partial charge is 0.395 e. The van der Waals surface area contributed by atoms with Gasteiger partial charge in [0.2, 0.25) is 0 Å². The van der Waals surface area contributed by atoms with Crippen LogP contribution in [0.1, 0.15) is 19.5 Å². The molecule has 1 heterocycles. The number of aliphatic hydroxyl groups is 1. The van der Waals surface area contributed by atoms with Crippen LogP contribution in [0.3, 0.4) is 0 Å². The smallest absolute Gasteiger partial charge is 0.0640 e. The standard InChI is InChI=1S/C10H19N3O/c1-8(2)6-13-4-3-10(12-13)5-9(11)7-14/h3-4,8-9,14H,5-7,11H2,1-2H3. The lowest BCUT2D eigenvalue weighted by molar-refractivity contribution is 0.264. The first kappa shape index (κ1) is 11.2. The summed E-state index contributed by atoms with van der Waals surface area (Å²) in [6, 6.07) is 1.76. The van der Waals surface area contributed by atoms with Crippen LogP contribution in [0.2, 0.25) is 0 Å². The van der Waals surface area contributed by atoms with Crippen LogP contribution in [0.5, 0.6) is 0 Å². The van der Waals surface area contributed by atoms with Crippen LogP contribution in [0, 0.1) is 5.92 Å². The van der Waals surface area contributed by atoms with Crippen LogP contribution in [0.25, 0.3) is 0 Å². The molecule has 14 heavy (non-hydrogen) atoms. The van der Waals surface area contributed by atoms with Gasteiger partial charge in [-0.1, -0.05) is 13.8 Å². The first-order chi connectivity index (χ1) is 6.61. The Labute approximate surface area is 84.7 Å². The van der Waals surface area contributed by atoms with E-state index in [1.54, 1.807) is 0 Å². The van der Waals surface area contributed by atoms with Gasteiger partial charge in [0.15, 0.2) is 0 Å². The second-order valence-corrected chi connectivity index (χ2v) is 4.07. The molecule has 1 rings (SSSR count). The number of rotatable bonds is 5. The molecule has 1 atom stereocenters. The molecule has 80 valence electrons. The molecule has 0 aliphatic rings. The molecule has 0 spiro atoms. The Morgan fingerprint density at radius 3 is 2.86 bits per heavy atom. The quantitative estimate of drug-likeness (QED) is 0.718. The number of hydrogen-bond donors (Lipinski definition) is 2. The zero-order valence-corrected chi connectivity index (χ0v) is 8.85. The van der Waals surface area contributed by atoms with Crippen LogP contribution in [-0.2, 0) is 13.0 Å². The van der Waals surface area contributed by atoms with Crippen molar-refractivity contribution in [1.82, 2.24) is 9.78 Å². The van der Waals surface area contributed by atoms with E-state index in [2.05, 4.69) is 18.9 Å². The highest BCUT2D eigenvalue weighted by molar-refractivity contribution is 5.01. The van der Waals surface area contributed by atoms with Gasteiger partial charge >= 0.3 is 0 Å². The molecule has 0 amide bonds. The lowest BCUT2D eigenvalue weighted by Crippen LogP contribution is -2.27. The third-order valence-corrected chi connectivity index (χ3v) is 1.95. The summed E-state index contributed by atoms with van der Waals surface area (Å²) >= 11 is 0. The number of nitrogens with two attached hydrogens (primary N) is 1. The summed E-state index contributed by atoms with van der Waals surface area (Å²) in [6.45, 7) is 5.24. The van der Waals surface area contributed by atoms with E-state index >= 15 is 0 Å². The molecule has 0 saturated carbocycles. The number of nitrogens with zero attached hydrogens (tertiary/aromatic N) is 2. The first-order valence-electron chi connectivity index (χ1n) is 5.00. The molecule has 4 heteroatoms. The Morgan fingerprint density at radius 2 is 2.29 bits per heavy atom. The van der Waals surface area contributed by atoms with Gasteiger partial charge in [-0.25, -0.2) is 0 Å². The Hall–Kier alpha value is -0.870. The fourth-order valence-electron chi connectivity index (χ4n) is 1.32. The van der Waals surface area contributed by atoms with Crippen LogP contribution in [0.4, 0.5) is 0 Å². The van der Waals surface area contributed by atoms with Gasteiger partial charge in [-0.2, -0.15) is 5.10 Å². The molecular weight excluding hydrogens is 178 g/mol. The molecule has 0 radical (unpaired) electrons. The second kappa shape index (κ2) is 5.12. The highest BCUT2D eigenvalue weighted by Crippen LogP contribution is 2.02. The van der Waals surface area contributed by atoms with Gasteiger partial charge in [-0.05, 0) is 12.0 Å². The highest BCUT2D eigenvalue weighted by Gasteiger charge is 2.05. The van der Waals surface area contributed by atoms with E-state index in [4.69, 9.17) is 10.8 Å². The summed E-state index contributed by atoms with van der Waals surface area (Å²) < 4.78 is 1.92. The summed E-state index contributed by atoms with van der Waals surface area (Å²) in [5, 5.41) is 13.2. The highest BCUT2D eigenvalue weighted by atomic mass is 16.3. The fraction of sp³-hybridized carbons (Fsp3) is 0.700. The zero-order chi connectivity index (χ0) is 10.6. The van der Waals surface area contributed by atoms with Crippen molar-refractivity contribution in [3.8, 4) is 0 Å². The van der Waals surface area contributed by atoms with Crippen LogP contribution in [0.15, 0.2) is 12.3 Å². The van der Waals surface area contributed by atoms with Gasteiger partial charge in [0.25, 0.3) is 0 Å². The molecule has 0 aliphatic heterocycles. The minimum Gasteiger partial charge on any atom is -0.395 e. The van der Waals surface area contributed by atoms with Crippen LogP contribution in [-0.4, -0.2) is 27.5 Å². The third kappa shape index (κ3) is 3.47. The number of aliphatic hydroxyl groups excluding tert-OH is 1. The molecule has 0 fully saturated rings. The predicted octanol–water partition coefficient (Wildman–Crippen LogP) is 0.401. The van der Waals surface area contributed by atoms with E-state index in [0.29, 0.717) is 12.3 Å². The van der Waals surface area contributed by atoms with Crippen molar-refractivity contribution >= 4 is 0 Å². The van der Waals surface area contributed by atoms with Crippen molar-refractivity contribution in [1.29, 1.82) is 0 Å². The summed E-state index contributed by atoms with van der Waals surface area (Å²) in [5.74, 6) is 0.592. The normalized spacial score (nSPS) is 13.5. The maximum atomic E-state index is 8.79. The van der Waals surface area contributed by atoms with Gasteiger partial charge in [0.05, 0.1) is 12.3 Å². The molecule has 1 aromatic rings. The summed E-state index contributed by atoms with van der Waals surface area (Å²) in [6.07, 6.45) is 2.60. The molecule has 0 aliphatic carbocycles. The van der Waals surface area contributed by atoms with E-state index in [-0.39, 0.29) is 12.6 Å². The number of aromatic nitrogens is 2. The third-order valence-electron chi connectivity index (χ3n) is 1.95. The maximum Gasteiger partial charge on any atom is 0.0640 e. The molecule has 4 nitrogen and oxygen atoms in total. The van der Waals surface area contributed by atoms with E-state index < -0.39 is 0 Å². The summed E-state index contributed by atoms with van der Waals surface area (Å²) in [4.78, 5) is 0. The molecule has 1 aromatic heterocycles. The van der Waals surface area contributed by atoms with Gasteiger partial charge in [0.1, 0.15) is 0 Å². The Morgan fingerprint density at radius 1 is 1.57 bits per heavy atom.